The molecule has 0 aliphatic carbocycles. The molecule has 0 radical (unpaired) electrons. The summed E-state index contributed by atoms with van der Waals surface area (Å²) < 4.78 is 5.28. The van der Waals surface area contributed by atoms with Crippen LogP contribution in [0.15, 0.2) is 48.5 Å². The third kappa shape index (κ3) is 3.68. The molecule has 2 aromatic carbocycles. The zero-order valence-corrected chi connectivity index (χ0v) is 14.2. The molecule has 128 valence electrons. The SMILES string of the molecule is CCCNc1nc2ccccc2nc1C(=O)Nc1ccccc1OC. The van der Waals surface area contributed by atoms with Crippen LogP contribution >= 0.6 is 0 Å². The minimum absolute atomic E-state index is 0.262. The molecule has 0 saturated heterocycles. The molecule has 1 amide bonds. The summed E-state index contributed by atoms with van der Waals surface area (Å²) in [5, 5.41) is 6.04. The second-order valence-corrected chi connectivity index (χ2v) is 5.49. The largest absolute Gasteiger partial charge is 0.495 e. The fourth-order valence-electron chi connectivity index (χ4n) is 2.45. The molecule has 0 spiro atoms. The number of carbonyl (C=O) groups excluding carboxylic acids is 1. The van der Waals surface area contributed by atoms with Crippen molar-refractivity contribution in [2.24, 2.45) is 0 Å². The third-order valence-electron chi connectivity index (χ3n) is 3.68. The Hall–Kier alpha value is -3.15. The zero-order chi connectivity index (χ0) is 17.6. The summed E-state index contributed by atoms with van der Waals surface area (Å²) in [6, 6.07) is 14.7. The quantitative estimate of drug-likeness (QED) is 0.717. The lowest BCUT2D eigenvalue weighted by Crippen LogP contribution is -2.18. The van der Waals surface area contributed by atoms with Crippen molar-refractivity contribution in [3.8, 4) is 5.75 Å². The van der Waals surface area contributed by atoms with Crippen LogP contribution in [0, 0.1) is 0 Å². The first-order valence-electron chi connectivity index (χ1n) is 8.18. The summed E-state index contributed by atoms with van der Waals surface area (Å²) in [5.41, 5.74) is 2.27. The average Bonchev–Trinajstić information content (AvgIpc) is 2.66. The lowest BCUT2D eigenvalue weighted by atomic mass is 10.2. The van der Waals surface area contributed by atoms with E-state index in [-0.39, 0.29) is 11.6 Å². The summed E-state index contributed by atoms with van der Waals surface area (Å²) in [6.07, 6.45) is 0.919. The van der Waals surface area contributed by atoms with E-state index in [9.17, 15) is 4.79 Å². The van der Waals surface area contributed by atoms with Crippen LogP contribution in [0.5, 0.6) is 5.75 Å². The van der Waals surface area contributed by atoms with Crippen molar-refractivity contribution < 1.29 is 9.53 Å². The zero-order valence-electron chi connectivity index (χ0n) is 14.2. The summed E-state index contributed by atoms with van der Waals surface area (Å²) in [5.74, 6) is 0.738. The first-order valence-corrected chi connectivity index (χ1v) is 8.18. The van der Waals surface area contributed by atoms with Crippen molar-refractivity contribution in [3.63, 3.8) is 0 Å². The van der Waals surface area contributed by atoms with Gasteiger partial charge >= 0.3 is 0 Å². The number of hydrogen-bond acceptors (Lipinski definition) is 5. The predicted molar refractivity (Wildman–Crippen MR) is 99.3 cm³/mol. The molecule has 6 nitrogen and oxygen atoms in total. The van der Waals surface area contributed by atoms with Gasteiger partial charge in [0.1, 0.15) is 5.75 Å². The fourth-order valence-corrected chi connectivity index (χ4v) is 2.45. The Labute approximate surface area is 146 Å². The van der Waals surface area contributed by atoms with E-state index in [1.807, 2.05) is 36.4 Å². The van der Waals surface area contributed by atoms with Crippen LogP contribution in [-0.4, -0.2) is 29.5 Å². The number of nitrogens with zero attached hydrogens (tertiary/aromatic N) is 2. The molecule has 0 aliphatic rings. The van der Waals surface area contributed by atoms with E-state index in [0.717, 1.165) is 11.9 Å². The van der Waals surface area contributed by atoms with E-state index in [1.54, 1.807) is 19.2 Å². The van der Waals surface area contributed by atoms with Gasteiger partial charge in [0, 0.05) is 6.54 Å². The van der Waals surface area contributed by atoms with Gasteiger partial charge in [-0.25, -0.2) is 9.97 Å². The van der Waals surface area contributed by atoms with Crippen molar-refractivity contribution in [2.45, 2.75) is 13.3 Å². The van der Waals surface area contributed by atoms with Crippen molar-refractivity contribution in [1.82, 2.24) is 9.97 Å². The number of rotatable bonds is 6. The van der Waals surface area contributed by atoms with Gasteiger partial charge in [-0.05, 0) is 30.7 Å². The fraction of sp³-hybridized carbons (Fsp3) is 0.211. The molecule has 0 fully saturated rings. The second kappa shape index (κ2) is 7.61. The van der Waals surface area contributed by atoms with Crippen LogP contribution in [0.2, 0.25) is 0 Å². The Morgan fingerprint density at radius 2 is 1.72 bits per heavy atom. The van der Waals surface area contributed by atoms with E-state index < -0.39 is 0 Å². The van der Waals surface area contributed by atoms with Crippen molar-refractivity contribution in [2.75, 3.05) is 24.3 Å². The van der Waals surface area contributed by atoms with Gasteiger partial charge in [0.2, 0.25) is 0 Å². The van der Waals surface area contributed by atoms with Crippen LogP contribution in [-0.2, 0) is 0 Å². The van der Waals surface area contributed by atoms with Gasteiger partial charge in [0.05, 0.1) is 23.8 Å². The molecule has 6 heteroatoms. The van der Waals surface area contributed by atoms with Crippen LogP contribution in [0.25, 0.3) is 11.0 Å². The van der Waals surface area contributed by atoms with Gasteiger partial charge in [-0.1, -0.05) is 31.2 Å². The minimum atomic E-state index is -0.332. The number of nitrogens with one attached hydrogen (secondary N) is 2. The maximum Gasteiger partial charge on any atom is 0.278 e. The number of carbonyl (C=O) groups is 1. The van der Waals surface area contributed by atoms with Crippen LogP contribution < -0.4 is 15.4 Å². The Morgan fingerprint density at radius 1 is 1.04 bits per heavy atom. The number of aromatic nitrogens is 2. The Bertz CT molecular complexity index is 895. The van der Waals surface area contributed by atoms with Gasteiger partial charge in [0.25, 0.3) is 5.91 Å². The molecule has 0 bridgehead atoms. The number of para-hydroxylation sites is 4. The number of ether oxygens (including phenoxy) is 1. The van der Waals surface area contributed by atoms with Crippen LogP contribution in [0.1, 0.15) is 23.8 Å². The molecule has 0 saturated carbocycles. The molecule has 2 N–H and O–H groups in total. The number of amides is 1. The van der Waals surface area contributed by atoms with Gasteiger partial charge in [-0.3, -0.25) is 4.79 Å². The maximum atomic E-state index is 12.8. The van der Waals surface area contributed by atoms with E-state index >= 15 is 0 Å². The number of fused-ring (bicyclic) bond motifs is 1. The van der Waals surface area contributed by atoms with Gasteiger partial charge in [-0.2, -0.15) is 0 Å². The molecule has 25 heavy (non-hydrogen) atoms. The number of benzene rings is 2. The maximum absolute atomic E-state index is 12.8. The van der Waals surface area contributed by atoms with Crippen molar-refractivity contribution in [3.05, 3.63) is 54.2 Å². The van der Waals surface area contributed by atoms with E-state index in [0.29, 0.717) is 29.3 Å². The predicted octanol–water partition coefficient (Wildman–Crippen LogP) is 3.71. The van der Waals surface area contributed by atoms with Crippen molar-refractivity contribution >= 4 is 28.4 Å². The molecular formula is C19H20N4O2. The van der Waals surface area contributed by atoms with Crippen LogP contribution in [0.3, 0.4) is 0 Å². The topological polar surface area (TPSA) is 76.1 Å². The summed E-state index contributed by atoms with van der Waals surface area (Å²) in [6.45, 7) is 2.76. The highest BCUT2D eigenvalue weighted by Gasteiger charge is 2.17. The standard InChI is InChI=1S/C19H20N4O2/c1-3-12-20-18-17(21-13-8-4-5-9-14(13)22-18)19(24)23-15-10-6-7-11-16(15)25-2/h4-11H,3,12H2,1-2H3,(H,20,22)(H,23,24). The molecule has 0 atom stereocenters. The molecule has 3 aromatic rings. The first kappa shape index (κ1) is 16.7. The Kier molecular flexibility index (Phi) is 5.09. The summed E-state index contributed by atoms with van der Waals surface area (Å²) in [4.78, 5) is 21.9. The number of hydrogen-bond donors (Lipinski definition) is 2. The van der Waals surface area contributed by atoms with Crippen LogP contribution in [0.4, 0.5) is 11.5 Å². The van der Waals surface area contributed by atoms with Gasteiger partial charge in [0.15, 0.2) is 11.5 Å². The lowest BCUT2D eigenvalue weighted by Gasteiger charge is -2.13. The highest BCUT2D eigenvalue weighted by Crippen LogP contribution is 2.25. The molecule has 0 aliphatic heterocycles. The van der Waals surface area contributed by atoms with E-state index in [4.69, 9.17) is 4.74 Å². The first-order chi connectivity index (χ1) is 12.2. The normalized spacial score (nSPS) is 10.5. The van der Waals surface area contributed by atoms with Crippen molar-refractivity contribution in [1.29, 1.82) is 0 Å². The smallest absolute Gasteiger partial charge is 0.278 e. The summed E-state index contributed by atoms with van der Waals surface area (Å²) in [7, 11) is 1.56. The highest BCUT2D eigenvalue weighted by atomic mass is 16.5. The third-order valence-corrected chi connectivity index (χ3v) is 3.68. The monoisotopic (exact) mass is 336 g/mol. The van der Waals surface area contributed by atoms with Gasteiger partial charge in [-0.15, -0.1) is 0 Å². The Morgan fingerprint density at radius 3 is 2.44 bits per heavy atom. The molecule has 1 aromatic heterocycles. The Balaban J connectivity index is 1.98. The molecule has 1 heterocycles. The lowest BCUT2D eigenvalue weighted by molar-refractivity contribution is 0.102. The highest BCUT2D eigenvalue weighted by molar-refractivity contribution is 6.07. The second-order valence-electron chi connectivity index (χ2n) is 5.49. The van der Waals surface area contributed by atoms with E-state index in [1.165, 1.54) is 0 Å². The number of anilines is 2. The molecular weight excluding hydrogens is 316 g/mol. The average molecular weight is 336 g/mol. The van der Waals surface area contributed by atoms with E-state index in [2.05, 4.69) is 27.5 Å². The summed E-state index contributed by atoms with van der Waals surface area (Å²) >= 11 is 0. The van der Waals surface area contributed by atoms with Gasteiger partial charge < -0.3 is 15.4 Å². The molecule has 0 unspecified atom stereocenters. The number of methoxy groups -OCH3 is 1. The minimum Gasteiger partial charge on any atom is -0.495 e. The molecule has 3 rings (SSSR count).